The number of amides is 2. The normalized spacial score (nSPS) is 12.6. The van der Waals surface area contributed by atoms with Gasteiger partial charge in [-0.3, -0.25) is 14.4 Å². The highest BCUT2D eigenvalue weighted by atomic mass is 16.4. The van der Waals surface area contributed by atoms with Crippen LogP contribution in [0.25, 0.3) is 0 Å². The van der Waals surface area contributed by atoms with Gasteiger partial charge in [0.2, 0.25) is 5.91 Å². The van der Waals surface area contributed by atoms with Crippen molar-refractivity contribution in [1.82, 2.24) is 10.6 Å². The molecule has 0 heterocycles. The van der Waals surface area contributed by atoms with E-state index < -0.39 is 17.9 Å². The standard InChI is InChI=1S/C22H26N2O4/c1-2-9-18(22(27)28)15-23-20(25)14-19(16-10-5-3-6-11-16)24-21(26)17-12-7-4-8-13-17/h3-8,10-13,18-19H,2,9,14-15H2,1H3,(H,23,25)(H,24,26)(H,27,28). The van der Waals surface area contributed by atoms with Gasteiger partial charge in [0.1, 0.15) is 0 Å². The van der Waals surface area contributed by atoms with E-state index in [9.17, 15) is 19.5 Å². The van der Waals surface area contributed by atoms with Crippen LogP contribution in [0.2, 0.25) is 0 Å². The van der Waals surface area contributed by atoms with E-state index in [0.717, 1.165) is 12.0 Å². The molecule has 3 N–H and O–H groups in total. The van der Waals surface area contributed by atoms with E-state index in [1.807, 2.05) is 43.3 Å². The average Bonchev–Trinajstić information content (AvgIpc) is 2.71. The summed E-state index contributed by atoms with van der Waals surface area (Å²) < 4.78 is 0. The van der Waals surface area contributed by atoms with Crippen molar-refractivity contribution in [1.29, 1.82) is 0 Å². The van der Waals surface area contributed by atoms with Gasteiger partial charge in [0.15, 0.2) is 0 Å². The molecule has 2 aromatic rings. The van der Waals surface area contributed by atoms with Gasteiger partial charge >= 0.3 is 5.97 Å². The van der Waals surface area contributed by atoms with Gasteiger partial charge in [-0.1, -0.05) is 61.9 Å². The monoisotopic (exact) mass is 382 g/mol. The number of carboxylic acids is 1. The number of nitrogens with one attached hydrogen (secondary N) is 2. The number of aliphatic carboxylic acids is 1. The van der Waals surface area contributed by atoms with Crippen LogP contribution in [-0.2, 0) is 9.59 Å². The summed E-state index contributed by atoms with van der Waals surface area (Å²) in [5.41, 5.74) is 1.32. The SMILES string of the molecule is CCCC(CNC(=O)CC(NC(=O)c1ccccc1)c1ccccc1)C(=O)O. The first kappa shape index (κ1) is 21.2. The molecule has 0 fully saturated rings. The molecule has 0 radical (unpaired) electrons. The second-order valence-electron chi connectivity index (χ2n) is 6.63. The number of carbonyl (C=O) groups excluding carboxylic acids is 2. The first-order valence-electron chi connectivity index (χ1n) is 9.41. The second kappa shape index (κ2) is 10.9. The zero-order valence-electron chi connectivity index (χ0n) is 15.9. The van der Waals surface area contributed by atoms with E-state index in [1.165, 1.54) is 0 Å². The fourth-order valence-electron chi connectivity index (χ4n) is 2.92. The van der Waals surface area contributed by atoms with Gasteiger partial charge in [0.25, 0.3) is 5.91 Å². The lowest BCUT2D eigenvalue weighted by Gasteiger charge is -2.20. The third-order valence-electron chi connectivity index (χ3n) is 4.46. The lowest BCUT2D eigenvalue weighted by Crippen LogP contribution is -2.37. The molecule has 2 rings (SSSR count). The van der Waals surface area contributed by atoms with Crippen molar-refractivity contribution < 1.29 is 19.5 Å². The average molecular weight is 382 g/mol. The lowest BCUT2D eigenvalue weighted by molar-refractivity contribution is -0.141. The van der Waals surface area contributed by atoms with Crippen LogP contribution < -0.4 is 10.6 Å². The number of benzene rings is 2. The van der Waals surface area contributed by atoms with Crippen molar-refractivity contribution in [3.05, 3.63) is 71.8 Å². The van der Waals surface area contributed by atoms with Crippen molar-refractivity contribution in [2.24, 2.45) is 5.92 Å². The minimum Gasteiger partial charge on any atom is -0.481 e. The zero-order chi connectivity index (χ0) is 20.4. The van der Waals surface area contributed by atoms with E-state index in [0.29, 0.717) is 12.0 Å². The lowest BCUT2D eigenvalue weighted by atomic mass is 10.0. The van der Waals surface area contributed by atoms with E-state index in [4.69, 9.17) is 0 Å². The molecule has 2 unspecified atom stereocenters. The molecule has 0 spiro atoms. The molecule has 6 nitrogen and oxygen atoms in total. The van der Waals surface area contributed by atoms with E-state index in [2.05, 4.69) is 10.6 Å². The molecule has 2 aromatic carbocycles. The second-order valence-corrected chi connectivity index (χ2v) is 6.63. The Labute approximate surface area is 165 Å². The van der Waals surface area contributed by atoms with Gasteiger partial charge in [0, 0.05) is 12.1 Å². The van der Waals surface area contributed by atoms with Crippen molar-refractivity contribution in [3.8, 4) is 0 Å². The molecule has 148 valence electrons. The van der Waals surface area contributed by atoms with E-state index in [1.54, 1.807) is 24.3 Å². The van der Waals surface area contributed by atoms with Gasteiger partial charge < -0.3 is 15.7 Å². The maximum absolute atomic E-state index is 12.5. The van der Waals surface area contributed by atoms with Crippen molar-refractivity contribution in [2.75, 3.05) is 6.54 Å². The van der Waals surface area contributed by atoms with Crippen molar-refractivity contribution >= 4 is 17.8 Å². The summed E-state index contributed by atoms with van der Waals surface area (Å²) in [4.78, 5) is 36.2. The Hall–Kier alpha value is -3.15. The first-order chi connectivity index (χ1) is 13.5. The summed E-state index contributed by atoms with van der Waals surface area (Å²) in [6.07, 6.45) is 1.26. The topological polar surface area (TPSA) is 95.5 Å². The minimum absolute atomic E-state index is 0.0288. The fraction of sp³-hybridized carbons (Fsp3) is 0.318. The van der Waals surface area contributed by atoms with Crippen molar-refractivity contribution in [2.45, 2.75) is 32.2 Å². The molecule has 0 aromatic heterocycles. The molecule has 6 heteroatoms. The number of hydrogen-bond donors (Lipinski definition) is 3. The minimum atomic E-state index is -0.917. The molecule has 0 aliphatic rings. The van der Waals surface area contributed by atoms with Crippen LogP contribution in [0.5, 0.6) is 0 Å². The molecule has 0 bridgehead atoms. The molecule has 28 heavy (non-hydrogen) atoms. The highest BCUT2D eigenvalue weighted by Gasteiger charge is 2.21. The molecule has 0 aliphatic carbocycles. The number of hydrogen-bond acceptors (Lipinski definition) is 3. The summed E-state index contributed by atoms with van der Waals surface area (Å²) in [6, 6.07) is 17.5. The molecular formula is C22H26N2O4. The predicted molar refractivity (Wildman–Crippen MR) is 107 cm³/mol. The Bertz CT molecular complexity index is 778. The van der Waals surface area contributed by atoms with Crippen molar-refractivity contribution in [3.63, 3.8) is 0 Å². The van der Waals surface area contributed by atoms with E-state index in [-0.39, 0.29) is 24.8 Å². The van der Waals surface area contributed by atoms with Crippen LogP contribution in [0.4, 0.5) is 0 Å². The molecule has 0 saturated heterocycles. The van der Waals surface area contributed by atoms with Crippen LogP contribution in [-0.4, -0.2) is 29.4 Å². The Morgan fingerprint density at radius 3 is 2.14 bits per heavy atom. The quantitative estimate of drug-likeness (QED) is 0.588. The predicted octanol–water partition coefficient (Wildman–Crippen LogP) is 3.16. The smallest absolute Gasteiger partial charge is 0.308 e. The molecule has 0 saturated carbocycles. The molecule has 0 aliphatic heterocycles. The molecule has 2 amide bonds. The van der Waals surface area contributed by atoms with Gasteiger partial charge in [-0.15, -0.1) is 0 Å². The van der Waals surface area contributed by atoms with Gasteiger partial charge in [-0.2, -0.15) is 0 Å². The molecule has 2 atom stereocenters. The molecular weight excluding hydrogens is 356 g/mol. The fourth-order valence-corrected chi connectivity index (χ4v) is 2.92. The highest BCUT2D eigenvalue weighted by molar-refractivity contribution is 5.94. The highest BCUT2D eigenvalue weighted by Crippen LogP contribution is 2.18. The first-order valence-corrected chi connectivity index (χ1v) is 9.41. The Balaban J connectivity index is 2.04. The number of carboxylic acid groups (broad SMARTS) is 1. The summed E-state index contributed by atoms with van der Waals surface area (Å²) >= 11 is 0. The zero-order valence-corrected chi connectivity index (χ0v) is 15.9. The van der Waals surface area contributed by atoms with Crippen LogP contribution in [0.3, 0.4) is 0 Å². The largest absolute Gasteiger partial charge is 0.481 e. The Morgan fingerprint density at radius 2 is 1.57 bits per heavy atom. The number of carbonyl (C=O) groups is 3. The third-order valence-corrected chi connectivity index (χ3v) is 4.46. The van der Waals surface area contributed by atoms with Crippen LogP contribution in [0, 0.1) is 5.92 Å². The Kier molecular flexibility index (Phi) is 8.21. The van der Waals surface area contributed by atoms with E-state index >= 15 is 0 Å². The maximum atomic E-state index is 12.5. The summed E-state index contributed by atoms with van der Waals surface area (Å²) in [5, 5.41) is 14.8. The van der Waals surface area contributed by atoms with Gasteiger partial charge in [0.05, 0.1) is 18.4 Å². The summed E-state index contributed by atoms with van der Waals surface area (Å²) in [6.45, 7) is 1.98. The van der Waals surface area contributed by atoms with Crippen LogP contribution >= 0.6 is 0 Å². The van der Waals surface area contributed by atoms with Crippen LogP contribution in [0.15, 0.2) is 60.7 Å². The maximum Gasteiger partial charge on any atom is 0.308 e. The third kappa shape index (κ3) is 6.54. The van der Waals surface area contributed by atoms with Gasteiger partial charge in [-0.05, 0) is 24.1 Å². The summed E-state index contributed by atoms with van der Waals surface area (Å²) in [5.74, 6) is -2.09. The van der Waals surface area contributed by atoms with Gasteiger partial charge in [-0.25, -0.2) is 0 Å². The summed E-state index contributed by atoms with van der Waals surface area (Å²) in [7, 11) is 0. The van der Waals surface area contributed by atoms with Crippen LogP contribution in [0.1, 0.15) is 48.1 Å². The Morgan fingerprint density at radius 1 is 0.964 bits per heavy atom. The number of rotatable bonds is 10.